The van der Waals surface area contributed by atoms with Crippen LogP contribution in [-0.2, 0) is 9.59 Å². The van der Waals surface area contributed by atoms with Gasteiger partial charge in [0.1, 0.15) is 0 Å². The molecule has 30 heavy (non-hydrogen) atoms. The summed E-state index contributed by atoms with van der Waals surface area (Å²) in [6, 6.07) is 19.3. The molecule has 158 valence electrons. The van der Waals surface area contributed by atoms with Crippen LogP contribution in [-0.4, -0.2) is 24.2 Å². The first-order valence-corrected chi connectivity index (χ1v) is 10.5. The van der Waals surface area contributed by atoms with Gasteiger partial charge in [-0.1, -0.05) is 86.3 Å². The van der Waals surface area contributed by atoms with Gasteiger partial charge < -0.3 is 0 Å². The van der Waals surface area contributed by atoms with Crippen LogP contribution in [0.1, 0.15) is 62.5 Å². The van der Waals surface area contributed by atoms with Gasteiger partial charge in [0.15, 0.2) is 0 Å². The zero-order chi connectivity index (χ0) is 21.3. The number of carbonyl (C=O) groups excluding carboxylic acids is 2. The molecule has 2 aromatic carbocycles. The van der Waals surface area contributed by atoms with Crippen molar-refractivity contribution in [1.82, 2.24) is 10.9 Å². The lowest BCUT2D eigenvalue weighted by molar-refractivity contribution is -0.122. The predicted molar refractivity (Wildman–Crippen MR) is 121 cm³/mol. The quantitative estimate of drug-likeness (QED) is 0.293. The van der Waals surface area contributed by atoms with Crippen molar-refractivity contribution < 1.29 is 9.59 Å². The number of benzene rings is 2. The highest BCUT2D eigenvalue weighted by Gasteiger charge is 2.01. The van der Waals surface area contributed by atoms with Crippen molar-refractivity contribution in [3.63, 3.8) is 0 Å². The van der Waals surface area contributed by atoms with Crippen molar-refractivity contribution in [2.45, 2.75) is 51.4 Å². The Labute approximate surface area is 178 Å². The molecule has 0 unspecified atom stereocenters. The lowest BCUT2D eigenvalue weighted by Gasteiger charge is -2.02. The van der Waals surface area contributed by atoms with Crippen LogP contribution in [0.15, 0.2) is 70.9 Å². The first-order valence-electron chi connectivity index (χ1n) is 10.5. The normalized spacial score (nSPS) is 11.1. The summed E-state index contributed by atoms with van der Waals surface area (Å²) >= 11 is 0. The molecule has 6 nitrogen and oxygen atoms in total. The summed E-state index contributed by atoms with van der Waals surface area (Å²) < 4.78 is 0. The molecule has 0 spiro atoms. The molecular weight excluding hydrogens is 376 g/mol. The van der Waals surface area contributed by atoms with Crippen LogP contribution in [0.25, 0.3) is 0 Å². The number of hydrazone groups is 2. The molecule has 0 radical (unpaired) electrons. The predicted octanol–water partition coefficient (Wildman–Crippen LogP) is 4.41. The Bertz CT molecular complexity index is 735. The van der Waals surface area contributed by atoms with Gasteiger partial charge in [-0.15, -0.1) is 0 Å². The fraction of sp³-hybridized carbons (Fsp3) is 0.333. The van der Waals surface area contributed by atoms with Crippen LogP contribution >= 0.6 is 0 Å². The zero-order valence-electron chi connectivity index (χ0n) is 17.3. The Hall–Kier alpha value is -3.28. The van der Waals surface area contributed by atoms with Crippen molar-refractivity contribution >= 4 is 24.2 Å². The summed E-state index contributed by atoms with van der Waals surface area (Å²) in [5.41, 5.74) is 7.02. The van der Waals surface area contributed by atoms with E-state index >= 15 is 0 Å². The number of hydrogen-bond donors (Lipinski definition) is 2. The van der Waals surface area contributed by atoms with Crippen LogP contribution in [0.5, 0.6) is 0 Å². The van der Waals surface area contributed by atoms with Crippen molar-refractivity contribution in [3.05, 3.63) is 71.8 Å². The van der Waals surface area contributed by atoms with E-state index in [9.17, 15) is 9.59 Å². The third-order valence-corrected chi connectivity index (χ3v) is 4.46. The van der Waals surface area contributed by atoms with Gasteiger partial charge in [0, 0.05) is 12.8 Å². The highest BCUT2D eigenvalue weighted by atomic mass is 16.2. The third kappa shape index (κ3) is 10.9. The summed E-state index contributed by atoms with van der Waals surface area (Å²) in [7, 11) is 0. The second-order valence-electron chi connectivity index (χ2n) is 7.03. The van der Waals surface area contributed by atoms with Crippen molar-refractivity contribution in [3.8, 4) is 0 Å². The molecule has 2 amide bonds. The fourth-order valence-corrected chi connectivity index (χ4v) is 2.83. The highest BCUT2D eigenvalue weighted by Crippen LogP contribution is 2.08. The molecule has 0 saturated carbocycles. The summed E-state index contributed by atoms with van der Waals surface area (Å²) in [4.78, 5) is 23.5. The minimum atomic E-state index is -0.0603. The van der Waals surface area contributed by atoms with Crippen LogP contribution in [0.3, 0.4) is 0 Å². The Morgan fingerprint density at radius 1 is 0.600 bits per heavy atom. The lowest BCUT2D eigenvalue weighted by atomic mass is 10.1. The maximum atomic E-state index is 11.7. The number of nitrogens with one attached hydrogen (secondary N) is 2. The number of hydrogen-bond acceptors (Lipinski definition) is 4. The Kier molecular flexibility index (Phi) is 11.3. The molecule has 0 aliphatic rings. The van der Waals surface area contributed by atoms with Crippen molar-refractivity contribution in [2.24, 2.45) is 10.2 Å². The van der Waals surface area contributed by atoms with Crippen molar-refractivity contribution in [1.29, 1.82) is 0 Å². The van der Waals surface area contributed by atoms with E-state index in [-0.39, 0.29) is 11.8 Å². The van der Waals surface area contributed by atoms with E-state index < -0.39 is 0 Å². The zero-order valence-corrected chi connectivity index (χ0v) is 17.3. The highest BCUT2D eigenvalue weighted by molar-refractivity contribution is 5.82. The summed E-state index contributed by atoms with van der Waals surface area (Å²) in [6.45, 7) is 0. The van der Waals surface area contributed by atoms with E-state index in [0.29, 0.717) is 12.8 Å². The molecule has 0 heterocycles. The van der Waals surface area contributed by atoms with Gasteiger partial charge in [0.05, 0.1) is 12.4 Å². The number of carbonyl (C=O) groups is 2. The minimum Gasteiger partial charge on any atom is -0.273 e. The summed E-state index contributed by atoms with van der Waals surface area (Å²) in [5.74, 6) is -0.121. The van der Waals surface area contributed by atoms with E-state index in [1.54, 1.807) is 12.4 Å². The molecule has 2 N–H and O–H groups in total. The van der Waals surface area contributed by atoms with Crippen LogP contribution in [0, 0.1) is 0 Å². The number of rotatable bonds is 13. The third-order valence-electron chi connectivity index (χ3n) is 4.46. The van der Waals surface area contributed by atoms with E-state index in [2.05, 4.69) is 21.1 Å². The molecule has 6 heteroatoms. The van der Waals surface area contributed by atoms with E-state index in [4.69, 9.17) is 0 Å². The molecule has 0 bridgehead atoms. The Balaban J connectivity index is 1.41. The molecule has 2 rings (SSSR count). The molecule has 0 fully saturated rings. The van der Waals surface area contributed by atoms with Crippen LogP contribution < -0.4 is 10.9 Å². The monoisotopic (exact) mass is 406 g/mol. The number of unbranched alkanes of at least 4 members (excludes halogenated alkanes) is 5. The SMILES string of the molecule is O=C(CCCCCCCCC(=O)N/N=C/c1ccccc1)N/N=C/c1ccccc1. The topological polar surface area (TPSA) is 82.9 Å². The first kappa shape index (κ1) is 23.0. The van der Waals surface area contributed by atoms with Gasteiger partial charge in [-0.05, 0) is 24.0 Å². The minimum absolute atomic E-state index is 0.0603. The molecule has 0 aliphatic heterocycles. The molecular formula is C24H30N4O2. The molecule has 0 saturated heterocycles. The number of nitrogens with zero attached hydrogens (tertiary/aromatic N) is 2. The van der Waals surface area contributed by atoms with Crippen LogP contribution in [0.4, 0.5) is 0 Å². The maximum absolute atomic E-state index is 11.7. The van der Waals surface area contributed by atoms with Gasteiger partial charge >= 0.3 is 0 Å². The van der Waals surface area contributed by atoms with E-state index in [1.165, 1.54) is 0 Å². The largest absolute Gasteiger partial charge is 0.273 e. The van der Waals surface area contributed by atoms with Gasteiger partial charge in [0.25, 0.3) is 0 Å². The van der Waals surface area contributed by atoms with E-state index in [1.807, 2.05) is 60.7 Å². The smallest absolute Gasteiger partial charge is 0.240 e. The summed E-state index contributed by atoms with van der Waals surface area (Å²) in [5, 5.41) is 7.93. The average Bonchev–Trinajstić information content (AvgIpc) is 2.77. The second kappa shape index (κ2) is 14.7. The van der Waals surface area contributed by atoms with Gasteiger partial charge in [-0.2, -0.15) is 10.2 Å². The lowest BCUT2D eigenvalue weighted by Crippen LogP contribution is -2.17. The Morgan fingerprint density at radius 3 is 1.37 bits per heavy atom. The first-order chi connectivity index (χ1) is 14.7. The van der Waals surface area contributed by atoms with Gasteiger partial charge in [-0.3, -0.25) is 9.59 Å². The van der Waals surface area contributed by atoms with Crippen molar-refractivity contribution in [2.75, 3.05) is 0 Å². The molecule has 0 aliphatic carbocycles. The molecule has 2 aromatic rings. The molecule has 0 atom stereocenters. The fourth-order valence-electron chi connectivity index (χ4n) is 2.83. The standard InChI is InChI=1S/C24H30N4O2/c29-23(27-25-19-21-13-7-5-8-14-21)17-11-3-1-2-4-12-18-24(30)28-26-20-22-15-9-6-10-16-22/h5-10,13-16,19-20H,1-4,11-12,17-18H2,(H,27,29)(H,28,30)/b25-19+,26-20+. The average molecular weight is 407 g/mol. The number of amides is 2. The van der Waals surface area contributed by atoms with E-state index in [0.717, 1.165) is 49.7 Å². The second-order valence-corrected chi connectivity index (χ2v) is 7.03. The Morgan fingerprint density at radius 2 is 0.967 bits per heavy atom. The van der Waals surface area contributed by atoms with Gasteiger partial charge in [0.2, 0.25) is 11.8 Å². The maximum Gasteiger partial charge on any atom is 0.240 e. The van der Waals surface area contributed by atoms with Crippen LogP contribution in [0.2, 0.25) is 0 Å². The summed E-state index contributed by atoms with van der Waals surface area (Å²) in [6.07, 6.45) is 10.1. The van der Waals surface area contributed by atoms with Gasteiger partial charge in [-0.25, -0.2) is 10.9 Å². The molecule has 0 aromatic heterocycles.